The SMILES string of the molecule is Cc1ncc(C#CCCCCF)cc1OCC1CCN1. The molecule has 4 heteroatoms. The fourth-order valence-electron chi connectivity index (χ4n) is 1.88. The van der Waals surface area contributed by atoms with Crippen LogP contribution in [0.15, 0.2) is 12.3 Å². The summed E-state index contributed by atoms with van der Waals surface area (Å²) in [5, 5.41) is 3.30. The van der Waals surface area contributed by atoms with Crippen LogP contribution in [0.5, 0.6) is 5.75 Å². The van der Waals surface area contributed by atoms with Gasteiger partial charge < -0.3 is 10.1 Å². The summed E-state index contributed by atoms with van der Waals surface area (Å²) >= 11 is 0. The first-order chi connectivity index (χ1) is 9.79. The Morgan fingerprint density at radius 3 is 3.05 bits per heavy atom. The molecule has 1 atom stereocenters. The number of alkyl halides is 1. The first-order valence-electron chi connectivity index (χ1n) is 7.17. The van der Waals surface area contributed by atoms with Crippen molar-refractivity contribution in [1.29, 1.82) is 0 Å². The standard InChI is InChI=1S/C16H21FN2O/c1-13-16(20-12-15-7-9-18-15)10-14(11-19-13)6-4-2-3-5-8-17/h10-11,15,18H,2-3,5,7-9,12H2,1H3. The zero-order valence-electron chi connectivity index (χ0n) is 11.9. The predicted octanol–water partition coefficient (Wildman–Crippen LogP) is 2.62. The predicted molar refractivity (Wildman–Crippen MR) is 77.6 cm³/mol. The molecule has 1 aliphatic rings. The van der Waals surface area contributed by atoms with Gasteiger partial charge in [-0.1, -0.05) is 11.8 Å². The zero-order chi connectivity index (χ0) is 14.2. The summed E-state index contributed by atoms with van der Waals surface area (Å²) in [5.74, 6) is 6.90. The van der Waals surface area contributed by atoms with Crippen molar-refractivity contribution < 1.29 is 9.13 Å². The van der Waals surface area contributed by atoms with Gasteiger partial charge in [0.25, 0.3) is 0 Å². The maximum atomic E-state index is 11.9. The number of pyridine rings is 1. The highest BCUT2D eigenvalue weighted by Gasteiger charge is 2.17. The molecule has 1 N–H and O–H groups in total. The first-order valence-corrected chi connectivity index (χ1v) is 7.17. The minimum absolute atomic E-state index is 0.263. The van der Waals surface area contributed by atoms with Crippen molar-refractivity contribution >= 4 is 0 Å². The van der Waals surface area contributed by atoms with E-state index in [9.17, 15) is 4.39 Å². The topological polar surface area (TPSA) is 34.1 Å². The van der Waals surface area contributed by atoms with E-state index in [1.807, 2.05) is 13.0 Å². The van der Waals surface area contributed by atoms with E-state index < -0.39 is 0 Å². The highest BCUT2D eigenvalue weighted by Crippen LogP contribution is 2.17. The van der Waals surface area contributed by atoms with Crippen LogP contribution >= 0.6 is 0 Å². The molecule has 1 aliphatic heterocycles. The van der Waals surface area contributed by atoms with Crippen LogP contribution in [0.3, 0.4) is 0 Å². The summed E-state index contributed by atoms with van der Waals surface area (Å²) in [6, 6.07) is 2.40. The highest BCUT2D eigenvalue weighted by molar-refractivity contribution is 5.40. The van der Waals surface area contributed by atoms with Gasteiger partial charge in [-0.15, -0.1) is 0 Å². The molecule has 0 aromatic carbocycles. The number of aromatic nitrogens is 1. The van der Waals surface area contributed by atoms with Gasteiger partial charge in [0.15, 0.2) is 0 Å². The normalized spacial score (nSPS) is 17.0. The number of ether oxygens (including phenoxy) is 1. The second-order valence-corrected chi connectivity index (χ2v) is 5.01. The molecule has 0 radical (unpaired) electrons. The number of nitrogens with one attached hydrogen (secondary N) is 1. The van der Waals surface area contributed by atoms with E-state index in [2.05, 4.69) is 22.1 Å². The van der Waals surface area contributed by atoms with Crippen molar-refractivity contribution in [2.24, 2.45) is 0 Å². The lowest BCUT2D eigenvalue weighted by Gasteiger charge is -2.27. The summed E-state index contributed by atoms with van der Waals surface area (Å²) in [5.41, 5.74) is 1.74. The number of halogens is 1. The van der Waals surface area contributed by atoms with Crippen LogP contribution in [0.25, 0.3) is 0 Å². The van der Waals surface area contributed by atoms with Crippen molar-refractivity contribution in [3.8, 4) is 17.6 Å². The molecule has 0 amide bonds. The second kappa shape index (κ2) is 7.86. The van der Waals surface area contributed by atoms with Crippen LogP contribution < -0.4 is 10.1 Å². The fraction of sp³-hybridized carbons (Fsp3) is 0.562. The van der Waals surface area contributed by atoms with Crippen molar-refractivity contribution in [1.82, 2.24) is 10.3 Å². The van der Waals surface area contributed by atoms with Crippen LogP contribution in [-0.4, -0.2) is 30.9 Å². The van der Waals surface area contributed by atoms with E-state index in [0.717, 1.165) is 36.4 Å². The summed E-state index contributed by atoms with van der Waals surface area (Å²) < 4.78 is 17.7. The molecule has 108 valence electrons. The quantitative estimate of drug-likeness (QED) is 0.640. The lowest BCUT2D eigenvalue weighted by molar-refractivity contribution is 0.216. The lowest BCUT2D eigenvalue weighted by Crippen LogP contribution is -2.46. The van der Waals surface area contributed by atoms with Gasteiger partial charge in [0, 0.05) is 24.2 Å². The van der Waals surface area contributed by atoms with Crippen LogP contribution in [0.4, 0.5) is 4.39 Å². The number of nitrogens with zero attached hydrogens (tertiary/aromatic N) is 1. The summed E-state index contributed by atoms with van der Waals surface area (Å²) in [4.78, 5) is 4.31. The van der Waals surface area contributed by atoms with Crippen molar-refractivity contribution in [2.45, 2.75) is 38.6 Å². The third-order valence-electron chi connectivity index (χ3n) is 3.32. The summed E-state index contributed by atoms with van der Waals surface area (Å²) in [7, 11) is 0. The maximum Gasteiger partial charge on any atom is 0.141 e. The van der Waals surface area contributed by atoms with E-state index in [1.165, 1.54) is 6.42 Å². The monoisotopic (exact) mass is 276 g/mol. The van der Waals surface area contributed by atoms with Crippen LogP contribution in [0.1, 0.15) is 36.9 Å². The molecule has 0 bridgehead atoms. The van der Waals surface area contributed by atoms with Crippen molar-refractivity contribution in [3.05, 3.63) is 23.5 Å². The molecule has 0 aliphatic carbocycles. The number of hydrogen-bond donors (Lipinski definition) is 1. The average molecular weight is 276 g/mol. The number of aryl methyl sites for hydroxylation is 1. The van der Waals surface area contributed by atoms with E-state index in [-0.39, 0.29) is 6.67 Å². The molecule has 1 aromatic heterocycles. The molecule has 1 fully saturated rings. The van der Waals surface area contributed by atoms with Gasteiger partial charge in [-0.3, -0.25) is 9.37 Å². The van der Waals surface area contributed by atoms with Gasteiger partial charge in [0.2, 0.25) is 0 Å². The fourth-order valence-corrected chi connectivity index (χ4v) is 1.88. The molecule has 2 rings (SSSR count). The van der Waals surface area contributed by atoms with Gasteiger partial charge in [-0.2, -0.15) is 0 Å². The molecule has 0 spiro atoms. The van der Waals surface area contributed by atoms with Gasteiger partial charge >= 0.3 is 0 Å². The number of rotatable bonds is 6. The van der Waals surface area contributed by atoms with E-state index >= 15 is 0 Å². The van der Waals surface area contributed by atoms with Crippen LogP contribution in [0, 0.1) is 18.8 Å². The molecule has 0 saturated carbocycles. The largest absolute Gasteiger partial charge is 0.490 e. The van der Waals surface area contributed by atoms with E-state index in [0.29, 0.717) is 19.1 Å². The summed E-state index contributed by atoms with van der Waals surface area (Å²) in [6.07, 6.45) is 5.04. The Hall–Kier alpha value is -1.60. The molecular formula is C16H21FN2O. The minimum Gasteiger partial charge on any atom is -0.490 e. The Bertz CT molecular complexity index is 489. The zero-order valence-corrected chi connectivity index (χ0v) is 11.9. The van der Waals surface area contributed by atoms with E-state index in [1.54, 1.807) is 6.20 Å². The maximum absolute atomic E-state index is 11.9. The van der Waals surface area contributed by atoms with Gasteiger partial charge in [-0.05, 0) is 38.8 Å². The third kappa shape index (κ3) is 4.50. The Balaban J connectivity index is 1.89. The molecule has 1 aromatic rings. The van der Waals surface area contributed by atoms with Gasteiger partial charge in [-0.25, -0.2) is 0 Å². The molecule has 3 nitrogen and oxygen atoms in total. The Morgan fingerprint density at radius 1 is 1.50 bits per heavy atom. The Kier molecular flexibility index (Phi) is 5.82. The molecule has 2 heterocycles. The third-order valence-corrected chi connectivity index (χ3v) is 3.32. The Labute approximate surface area is 119 Å². The summed E-state index contributed by atoms with van der Waals surface area (Å²) in [6.45, 7) is 3.43. The highest BCUT2D eigenvalue weighted by atomic mass is 19.1. The van der Waals surface area contributed by atoms with Crippen molar-refractivity contribution in [3.63, 3.8) is 0 Å². The van der Waals surface area contributed by atoms with Gasteiger partial charge in [0.1, 0.15) is 12.4 Å². The number of unbranched alkanes of at least 4 members (excludes halogenated alkanes) is 2. The minimum atomic E-state index is -0.263. The molecular weight excluding hydrogens is 255 g/mol. The smallest absolute Gasteiger partial charge is 0.141 e. The first kappa shape index (κ1) is 14.8. The molecule has 20 heavy (non-hydrogen) atoms. The Morgan fingerprint density at radius 2 is 2.35 bits per heavy atom. The lowest BCUT2D eigenvalue weighted by atomic mass is 10.1. The molecule has 1 unspecified atom stereocenters. The van der Waals surface area contributed by atoms with Crippen LogP contribution in [-0.2, 0) is 0 Å². The van der Waals surface area contributed by atoms with E-state index in [4.69, 9.17) is 4.74 Å². The second-order valence-electron chi connectivity index (χ2n) is 5.01. The average Bonchev–Trinajstić information content (AvgIpc) is 2.40. The van der Waals surface area contributed by atoms with Crippen LogP contribution in [0.2, 0.25) is 0 Å². The van der Waals surface area contributed by atoms with Gasteiger partial charge in [0.05, 0.1) is 12.4 Å². The number of hydrogen-bond acceptors (Lipinski definition) is 3. The molecule has 1 saturated heterocycles. The van der Waals surface area contributed by atoms with Crippen molar-refractivity contribution in [2.75, 3.05) is 19.8 Å².